The highest BCUT2D eigenvalue weighted by Crippen LogP contribution is 2.08. The lowest BCUT2D eigenvalue weighted by Gasteiger charge is -2.11. The van der Waals surface area contributed by atoms with Crippen LogP contribution < -0.4 is 5.73 Å². The molecule has 0 saturated heterocycles. The summed E-state index contributed by atoms with van der Waals surface area (Å²) in [7, 11) is 0. The van der Waals surface area contributed by atoms with Crippen molar-refractivity contribution in [3.8, 4) is 0 Å². The first kappa shape index (κ1) is 20.1. The van der Waals surface area contributed by atoms with Gasteiger partial charge < -0.3 is 15.9 Å². The first-order chi connectivity index (χ1) is 10.2. The molecule has 0 aromatic rings. The van der Waals surface area contributed by atoms with Crippen molar-refractivity contribution in [1.29, 1.82) is 0 Å². The van der Waals surface area contributed by atoms with Gasteiger partial charge in [-0.15, -0.1) is 0 Å². The molecule has 4 N–H and O–H groups in total. The largest absolute Gasteiger partial charge is 0.395 e. The Balaban J connectivity index is 3.50. The number of aliphatic hydroxyl groups excluding tert-OH is 2. The van der Waals surface area contributed by atoms with Gasteiger partial charge in [-0.25, -0.2) is 0 Å². The lowest BCUT2D eigenvalue weighted by molar-refractivity contribution is 0.144. The van der Waals surface area contributed by atoms with Crippen LogP contribution in [-0.4, -0.2) is 29.0 Å². The lowest BCUT2D eigenvalue weighted by atomic mass is 10.1. The van der Waals surface area contributed by atoms with Crippen LogP contribution in [0, 0.1) is 0 Å². The van der Waals surface area contributed by atoms with Crippen molar-refractivity contribution in [3.63, 3.8) is 0 Å². The maximum Gasteiger partial charge on any atom is 0.0897 e. The smallest absolute Gasteiger partial charge is 0.0897 e. The first-order valence-corrected chi connectivity index (χ1v) is 8.26. The van der Waals surface area contributed by atoms with Crippen LogP contribution in [0.5, 0.6) is 0 Å². The second kappa shape index (κ2) is 15.5. The van der Waals surface area contributed by atoms with Gasteiger partial charge in [0, 0.05) is 0 Å². The fourth-order valence-corrected chi connectivity index (χ4v) is 1.95. The Morgan fingerprint density at radius 1 is 0.905 bits per heavy atom. The van der Waals surface area contributed by atoms with Crippen LogP contribution in [-0.2, 0) is 0 Å². The van der Waals surface area contributed by atoms with Gasteiger partial charge in [0.1, 0.15) is 0 Å². The highest BCUT2D eigenvalue weighted by molar-refractivity contribution is 5.12. The maximum absolute atomic E-state index is 9.47. The van der Waals surface area contributed by atoms with E-state index in [4.69, 9.17) is 10.8 Å². The van der Waals surface area contributed by atoms with Crippen molar-refractivity contribution in [2.24, 2.45) is 5.73 Å². The molecule has 21 heavy (non-hydrogen) atoms. The van der Waals surface area contributed by atoms with E-state index in [9.17, 15) is 5.11 Å². The molecule has 0 aliphatic rings. The molecule has 0 saturated carbocycles. The van der Waals surface area contributed by atoms with Crippen molar-refractivity contribution in [2.45, 2.75) is 70.4 Å². The van der Waals surface area contributed by atoms with Gasteiger partial charge in [-0.05, 0) is 12.8 Å². The SMILES string of the molecule is CCCCCCCCC/C=C/C=C/C=C/[C@@H](O)[C@@H](N)CO. The molecule has 0 spiro atoms. The molecule has 0 aliphatic heterocycles. The Bertz CT molecular complexity index is 298. The van der Waals surface area contributed by atoms with Gasteiger partial charge in [-0.2, -0.15) is 0 Å². The number of allylic oxidation sites excluding steroid dienone is 5. The predicted octanol–water partition coefficient (Wildman–Crippen LogP) is 3.48. The van der Waals surface area contributed by atoms with Gasteiger partial charge in [0.15, 0.2) is 0 Å². The van der Waals surface area contributed by atoms with E-state index in [1.807, 2.05) is 18.2 Å². The Labute approximate surface area is 130 Å². The molecule has 0 fully saturated rings. The monoisotopic (exact) mass is 295 g/mol. The second-order valence-corrected chi connectivity index (χ2v) is 5.44. The van der Waals surface area contributed by atoms with E-state index < -0.39 is 12.1 Å². The van der Waals surface area contributed by atoms with E-state index in [0.29, 0.717) is 0 Å². The van der Waals surface area contributed by atoms with Crippen LogP contribution in [0.4, 0.5) is 0 Å². The summed E-state index contributed by atoms with van der Waals surface area (Å²) in [6.45, 7) is 2.03. The average Bonchev–Trinajstić information content (AvgIpc) is 2.50. The van der Waals surface area contributed by atoms with Crippen molar-refractivity contribution in [2.75, 3.05) is 6.61 Å². The van der Waals surface area contributed by atoms with Crippen molar-refractivity contribution in [1.82, 2.24) is 0 Å². The molecule has 3 nitrogen and oxygen atoms in total. The molecule has 0 unspecified atom stereocenters. The molecule has 3 heteroatoms. The molecule has 0 aliphatic carbocycles. The van der Waals surface area contributed by atoms with Crippen LogP contribution in [0.15, 0.2) is 36.5 Å². The summed E-state index contributed by atoms with van der Waals surface area (Å²) in [5, 5.41) is 18.2. The number of unbranched alkanes of at least 4 members (excludes halogenated alkanes) is 7. The summed E-state index contributed by atoms with van der Waals surface area (Å²) in [4.78, 5) is 0. The van der Waals surface area contributed by atoms with Gasteiger partial charge in [0.05, 0.1) is 18.8 Å². The fourth-order valence-electron chi connectivity index (χ4n) is 1.95. The Kier molecular flexibility index (Phi) is 14.8. The molecule has 122 valence electrons. The average molecular weight is 295 g/mol. The zero-order chi connectivity index (χ0) is 15.8. The maximum atomic E-state index is 9.47. The minimum Gasteiger partial charge on any atom is -0.395 e. The molecule has 0 aromatic carbocycles. The lowest BCUT2D eigenvalue weighted by Crippen LogP contribution is -2.36. The van der Waals surface area contributed by atoms with Crippen molar-refractivity contribution < 1.29 is 10.2 Å². The fraction of sp³-hybridized carbons (Fsp3) is 0.667. The van der Waals surface area contributed by atoms with Crippen LogP contribution in [0.1, 0.15) is 58.3 Å². The third-order valence-corrected chi connectivity index (χ3v) is 3.40. The zero-order valence-electron chi connectivity index (χ0n) is 13.5. The predicted molar refractivity (Wildman–Crippen MR) is 91.1 cm³/mol. The summed E-state index contributed by atoms with van der Waals surface area (Å²) in [5.41, 5.74) is 5.47. The summed E-state index contributed by atoms with van der Waals surface area (Å²) in [5.74, 6) is 0. The third kappa shape index (κ3) is 13.8. The van der Waals surface area contributed by atoms with Crippen molar-refractivity contribution in [3.05, 3.63) is 36.5 Å². The van der Waals surface area contributed by atoms with Crippen LogP contribution >= 0.6 is 0 Å². The van der Waals surface area contributed by atoms with Gasteiger partial charge in [-0.1, -0.05) is 81.9 Å². The number of hydrogen-bond acceptors (Lipinski definition) is 3. The summed E-state index contributed by atoms with van der Waals surface area (Å²) in [6.07, 6.45) is 21.0. The van der Waals surface area contributed by atoms with Crippen molar-refractivity contribution >= 4 is 0 Å². The first-order valence-electron chi connectivity index (χ1n) is 8.26. The van der Waals surface area contributed by atoms with Gasteiger partial charge in [0.25, 0.3) is 0 Å². The molecule has 0 bridgehead atoms. The summed E-state index contributed by atoms with van der Waals surface area (Å²) < 4.78 is 0. The Morgan fingerprint density at radius 3 is 2.19 bits per heavy atom. The van der Waals surface area contributed by atoms with Crippen LogP contribution in [0.2, 0.25) is 0 Å². The van der Waals surface area contributed by atoms with Crippen LogP contribution in [0.3, 0.4) is 0 Å². The van der Waals surface area contributed by atoms with E-state index in [-0.39, 0.29) is 6.61 Å². The molecule has 0 heterocycles. The van der Waals surface area contributed by atoms with E-state index in [0.717, 1.165) is 6.42 Å². The Morgan fingerprint density at radius 2 is 1.52 bits per heavy atom. The minimum absolute atomic E-state index is 0.215. The third-order valence-electron chi connectivity index (χ3n) is 3.40. The molecule has 0 aromatic heterocycles. The van der Waals surface area contributed by atoms with Gasteiger partial charge >= 0.3 is 0 Å². The topological polar surface area (TPSA) is 66.5 Å². The highest BCUT2D eigenvalue weighted by Gasteiger charge is 2.08. The van der Waals surface area contributed by atoms with E-state index in [1.165, 1.54) is 44.9 Å². The summed E-state index contributed by atoms with van der Waals surface area (Å²) >= 11 is 0. The van der Waals surface area contributed by atoms with E-state index in [2.05, 4.69) is 13.0 Å². The quantitative estimate of drug-likeness (QED) is 0.360. The zero-order valence-corrected chi connectivity index (χ0v) is 13.5. The summed E-state index contributed by atoms with van der Waals surface area (Å²) in [6, 6.07) is -0.609. The number of hydrogen-bond donors (Lipinski definition) is 3. The molecule has 0 radical (unpaired) electrons. The molecule has 0 rings (SSSR count). The normalized spacial score (nSPS) is 15.4. The molecular weight excluding hydrogens is 262 g/mol. The van der Waals surface area contributed by atoms with Crippen LogP contribution in [0.25, 0.3) is 0 Å². The number of rotatable bonds is 13. The number of aliphatic hydroxyl groups is 2. The standard InChI is InChI=1S/C18H33NO2/c1-2-3-4-5-6-7-8-9-10-11-12-13-14-15-18(21)17(19)16-20/h10-15,17-18,20-21H,2-9,16,19H2,1H3/b11-10+,13-12+,15-14+/t17-,18+/m0/s1. The molecule has 0 amide bonds. The highest BCUT2D eigenvalue weighted by atomic mass is 16.3. The van der Waals surface area contributed by atoms with E-state index in [1.54, 1.807) is 12.2 Å². The second-order valence-electron chi connectivity index (χ2n) is 5.44. The van der Waals surface area contributed by atoms with Gasteiger partial charge in [-0.3, -0.25) is 0 Å². The molecular formula is C18H33NO2. The van der Waals surface area contributed by atoms with Gasteiger partial charge in [0.2, 0.25) is 0 Å². The number of nitrogens with two attached hydrogens (primary N) is 1. The van der Waals surface area contributed by atoms with E-state index >= 15 is 0 Å². The minimum atomic E-state index is -0.795. The molecule has 2 atom stereocenters. The Hall–Kier alpha value is -0.900.